The number of ether oxygens (including phenoxy) is 1. The number of nitrogen functional groups attached to an aromatic ring is 1. The summed E-state index contributed by atoms with van der Waals surface area (Å²) in [5.74, 6) is 0.454. The Balaban J connectivity index is 1.92. The summed E-state index contributed by atoms with van der Waals surface area (Å²) >= 11 is 0. The van der Waals surface area contributed by atoms with E-state index in [1.807, 2.05) is 12.1 Å². The molecule has 2 aromatic rings. The highest BCUT2D eigenvalue weighted by atomic mass is 16.5. The van der Waals surface area contributed by atoms with E-state index in [2.05, 4.69) is 10.3 Å². The summed E-state index contributed by atoms with van der Waals surface area (Å²) in [5, 5.41) is 2.85. The van der Waals surface area contributed by atoms with E-state index in [1.165, 1.54) is 0 Å². The number of hydrogen-bond donors (Lipinski definition) is 2. The van der Waals surface area contributed by atoms with Crippen molar-refractivity contribution >= 4 is 11.6 Å². The standard InChI is InChI=1S/C15H17N3O2/c1-20-12-2-3-13(14(16)10-12)15(19)18-9-6-11-4-7-17-8-5-11/h2-5,7-8,10H,6,9,16H2,1H3,(H,18,19). The maximum absolute atomic E-state index is 12.0. The highest BCUT2D eigenvalue weighted by Crippen LogP contribution is 2.19. The maximum Gasteiger partial charge on any atom is 0.253 e. The number of pyridine rings is 1. The first-order valence-corrected chi connectivity index (χ1v) is 6.31. The molecular formula is C15H17N3O2. The van der Waals surface area contributed by atoms with Crippen molar-refractivity contribution < 1.29 is 9.53 Å². The van der Waals surface area contributed by atoms with Crippen LogP contribution in [0.5, 0.6) is 5.75 Å². The van der Waals surface area contributed by atoms with Gasteiger partial charge in [-0.2, -0.15) is 0 Å². The molecule has 0 fully saturated rings. The third-order valence-corrected chi connectivity index (χ3v) is 2.95. The molecule has 20 heavy (non-hydrogen) atoms. The van der Waals surface area contributed by atoms with Crippen molar-refractivity contribution in [1.29, 1.82) is 0 Å². The van der Waals surface area contributed by atoms with E-state index in [4.69, 9.17) is 10.5 Å². The van der Waals surface area contributed by atoms with Crippen LogP contribution in [0.15, 0.2) is 42.7 Å². The number of rotatable bonds is 5. The molecule has 0 unspecified atom stereocenters. The van der Waals surface area contributed by atoms with Gasteiger partial charge in [0.05, 0.1) is 12.7 Å². The zero-order valence-corrected chi connectivity index (χ0v) is 11.3. The number of anilines is 1. The van der Waals surface area contributed by atoms with Gasteiger partial charge in [0.1, 0.15) is 5.75 Å². The first-order valence-electron chi connectivity index (χ1n) is 6.31. The topological polar surface area (TPSA) is 77.2 Å². The highest BCUT2D eigenvalue weighted by molar-refractivity contribution is 5.99. The molecule has 5 nitrogen and oxygen atoms in total. The van der Waals surface area contributed by atoms with E-state index in [0.29, 0.717) is 23.5 Å². The number of benzene rings is 1. The van der Waals surface area contributed by atoms with Crippen molar-refractivity contribution in [2.24, 2.45) is 0 Å². The Morgan fingerprint density at radius 1 is 1.30 bits per heavy atom. The van der Waals surface area contributed by atoms with Crippen LogP contribution in [0.3, 0.4) is 0 Å². The molecule has 0 bridgehead atoms. The molecule has 2 rings (SSSR count). The lowest BCUT2D eigenvalue weighted by Crippen LogP contribution is -2.26. The molecule has 104 valence electrons. The minimum atomic E-state index is -0.181. The van der Waals surface area contributed by atoms with Gasteiger partial charge in [-0.25, -0.2) is 0 Å². The number of carbonyl (C=O) groups is 1. The van der Waals surface area contributed by atoms with E-state index < -0.39 is 0 Å². The van der Waals surface area contributed by atoms with Crippen molar-refractivity contribution in [3.63, 3.8) is 0 Å². The monoisotopic (exact) mass is 271 g/mol. The quantitative estimate of drug-likeness (QED) is 0.810. The number of hydrogen-bond acceptors (Lipinski definition) is 4. The molecule has 1 aromatic carbocycles. The van der Waals surface area contributed by atoms with Gasteiger partial charge in [0, 0.05) is 30.7 Å². The first kappa shape index (κ1) is 13.9. The summed E-state index contributed by atoms with van der Waals surface area (Å²) in [4.78, 5) is 16.0. The second kappa shape index (κ2) is 6.56. The lowest BCUT2D eigenvalue weighted by atomic mass is 10.1. The number of aromatic nitrogens is 1. The first-order chi connectivity index (χ1) is 9.70. The Morgan fingerprint density at radius 3 is 2.70 bits per heavy atom. The van der Waals surface area contributed by atoms with Gasteiger partial charge in [0.15, 0.2) is 0 Å². The van der Waals surface area contributed by atoms with E-state index in [0.717, 1.165) is 12.0 Å². The Bertz CT molecular complexity index is 585. The van der Waals surface area contributed by atoms with Crippen LogP contribution in [0.4, 0.5) is 5.69 Å². The van der Waals surface area contributed by atoms with Crippen LogP contribution in [0.2, 0.25) is 0 Å². The zero-order chi connectivity index (χ0) is 14.4. The Labute approximate surface area is 117 Å². The molecule has 1 amide bonds. The number of methoxy groups -OCH3 is 1. The summed E-state index contributed by atoms with van der Waals surface area (Å²) in [6, 6.07) is 8.86. The SMILES string of the molecule is COc1ccc(C(=O)NCCc2ccncc2)c(N)c1. The second-order valence-corrected chi connectivity index (χ2v) is 4.31. The normalized spacial score (nSPS) is 10.1. The van der Waals surface area contributed by atoms with Crippen molar-refractivity contribution in [3.8, 4) is 5.75 Å². The van der Waals surface area contributed by atoms with Gasteiger partial charge in [-0.1, -0.05) is 0 Å². The number of amides is 1. The average Bonchev–Trinajstić information content (AvgIpc) is 2.48. The number of nitrogens with two attached hydrogens (primary N) is 1. The van der Waals surface area contributed by atoms with Crippen LogP contribution in [0.1, 0.15) is 15.9 Å². The van der Waals surface area contributed by atoms with Gasteiger partial charge in [-0.05, 0) is 36.2 Å². The molecule has 5 heteroatoms. The fourth-order valence-electron chi connectivity index (χ4n) is 1.84. The second-order valence-electron chi connectivity index (χ2n) is 4.31. The summed E-state index contributed by atoms with van der Waals surface area (Å²) in [7, 11) is 1.56. The molecule has 0 radical (unpaired) electrons. The van der Waals surface area contributed by atoms with Gasteiger partial charge in [-0.3, -0.25) is 9.78 Å². The van der Waals surface area contributed by atoms with Crippen LogP contribution >= 0.6 is 0 Å². The predicted molar refractivity (Wildman–Crippen MR) is 77.7 cm³/mol. The summed E-state index contributed by atoms with van der Waals surface area (Å²) in [6.07, 6.45) is 4.22. The van der Waals surface area contributed by atoms with Gasteiger partial charge < -0.3 is 15.8 Å². The Kier molecular flexibility index (Phi) is 4.55. The lowest BCUT2D eigenvalue weighted by Gasteiger charge is -2.09. The smallest absolute Gasteiger partial charge is 0.253 e. The fourth-order valence-corrected chi connectivity index (χ4v) is 1.84. The fraction of sp³-hybridized carbons (Fsp3) is 0.200. The van der Waals surface area contributed by atoms with Gasteiger partial charge in [-0.15, -0.1) is 0 Å². The van der Waals surface area contributed by atoms with Crippen LogP contribution < -0.4 is 15.8 Å². The van der Waals surface area contributed by atoms with Crippen LogP contribution in [-0.4, -0.2) is 24.5 Å². The minimum Gasteiger partial charge on any atom is -0.497 e. The third kappa shape index (κ3) is 3.47. The Morgan fingerprint density at radius 2 is 2.05 bits per heavy atom. The molecule has 0 aliphatic carbocycles. The summed E-state index contributed by atoms with van der Waals surface area (Å²) in [5.41, 5.74) is 7.83. The summed E-state index contributed by atoms with van der Waals surface area (Å²) in [6.45, 7) is 0.550. The average molecular weight is 271 g/mol. The lowest BCUT2D eigenvalue weighted by molar-refractivity contribution is 0.0955. The van der Waals surface area contributed by atoms with Gasteiger partial charge in [0.2, 0.25) is 0 Å². The van der Waals surface area contributed by atoms with Gasteiger partial charge >= 0.3 is 0 Å². The zero-order valence-electron chi connectivity index (χ0n) is 11.3. The van der Waals surface area contributed by atoms with Crippen molar-refractivity contribution in [2.45, 2.75) is 6.42 Å². The molecule has 1 heterocycles. The van der Waals surface area contributed by atoms with Crippen molar-refractivity contribution in [1.82, 2.24) is 10.3 Å². The van der Waals surface area contributed by atoms with Gasteiger partial charge in [0.25, 0.3) is 5.91 Å². The predicted octanol–water partition coefficient (Wildman–Crippen LogP) is 1.64. The molecule has 3 N–H and O–H groups in total. The molecule has 0 aliphatic heterocycles. The number of carbonyl (C=O) groups excluding carboxylic acids is 1. The number of nitrogens with one attached hydrogen (secondary N) is 1. The largest absolute Gasteiger partial charge is 0.497 e. The van der Waals surface area contributed by atoms with Crippen molar-refractivity contribution in [2.75, 3.05) is 19.4 Å². The van der Waals surface area contributed by atoms with Crippen LogP contribution in [-0.2, 0) is 6.42 Å². The van der Waals surface area contributed by atoms with Crippen molar-refractivity contribution in [3.05, 3.63) is 53.9 Å². The number of nitrogens with zero attached hydrogens (tertiary/aromatic N) is 1. The minimum absolute atomic E-state index is 0.181. The third-order valence-electron chi connectivity index (χ3n) is 2.95. The molecule has 0 atom stereocenters. The summed E-state index contributed by atoms with van der Waals surface area (Å²) < 4.78 is 5.05. The molecule has 0 aliphatic rings. The molecule has 0 spiro atoms. The Hall–Kier alpha value is -2.56. The molecular weight excluding hydrogens is 254 g/mol. The van der Waals surface area contributed by atoms with E-state index >= 15 is 0 Å². The molecule has 1 aromatic heterocycles. The van der Waals surface area contributed by atoms with E-state index in [1.54, 1.807) is 37.7 Å². The van der Waals surface area contributed by atoms with E-state index in [9.17, 15) is 4.79 Å². The van der Waals surface area contributed by atoms with Crippen LogP contribution in [0.25, 0.3) is 0 Å². The molecule has 0 saturated heterocycles. The maximum atomic E-state index is 12.0. The highest BCUT2D eigenvalue weighted by Gasteiger charge is 2.09. The van der Waals surface area contributed by atoms with E-state index in [-0.39, 0.29) is 5.91 Å². The van der Waals surface area contributed by atoms with Crippen LogP contribution in [0, 0.1) is 0 Å². The molecule has 0 saturated carbocycles.